The van der Waals surface area contributed by atoms with Crippen LogP contribution in [0.1, 0.15) is 26.2 Å². The van der Waals surface area contributed by atoms with E-state index >= 15 is 0 Å². The van der Waals surface area contributed by atoms with E-state index in [1.165, 1.54) is 17.6 Å². The number of nitrogens with zero attached hydrogens (tertiary/aromatic N) is 1. The Bertz CT molecular complexity index is 429. The number of piperidine rings is 1. The van der Waals surface area contributed by atoms with Gasteiger partial charge in [0.15, 0.2) is 0 Å². The summed E-state index contributed by atoms with van der Waals surface area (Å²) < 4.78 is 30.7. The molecule has 2 aliphatic rings. The number of likely N-dealkylation sites (N-methyl/N-ethyl adjacent to an activating group) is 1. The van der Waals surface area contributed by atoms with Gasteiger partial charge in [-0.15, -0.1) is 0 Å². The van der Waals surface area contributed by atoms with Gasteiger partial charge in [0.1, 0.15) is 5.60 Å². The van der Waals surface area contributed by atoms with Crippen LogP contribution in [0, 0.1) is 0 Å². The molecule has 1 spiro atoms. The van der Waals surface area contributed by atoms with Crippen LogP contribution in [0.4, 0.5) is 0 Å². The lowest BCUT2D eigenvalue weighted by molar-refractivity contribution is -0.195. The molecule has 0 aliphatic carbocycles. The fraction of sp³-hybridized carbons (Fsp3) is 1.00. The summed E-state index contributed by atoms with van der Waals surface area (Å²) >= 11 is 0. The minimum Gasteiger partial charge on any atom is -0.386 e. The lowest BCUT2D eigenvalue weighted by atomic mass is 9.78. The topological polar surface area (TPSA) is 78.9 Å². The molecule has 0 saturated carbocycles. The fourth-order valence-corrected chi connectivity index (χ4v) is 3.77. The zero-order chi connectivity index (χ0) is 14.3. The van der Waals surface area contributed by atoms with Gasteiger partial charge in [0, 0.05) is 7.05 Å². The molecular weight excluding hydrogens is 268 g/mol. The van der Waals surface area contributed by atoms with Gasteiger partial charge in [-0.1, -0.05) is 0 Å². The Balaban J connectivity index is 2.23. The first kappa shape index (κ1) is 15.2. The minimum atomic E-state index is -3.33. The summed E-state index contributed by atoms with van der Waals surface area (Å²) in [5.41, 5.74) is -1.44. The number of hydrogen-bond donors (Lipinski definition) is 2. The van der Waals surface area contributed by atoms with Gasteiger partial charge in [-0.2, -0.15) is 4.31 Å². The Morgan fingerprint density at radius 1 is 1.37 bits per heavy atom. The van der Waals surface area contributed by atoms with E-state index in [2.05, 4.69) is 5.32 Å². The van der Waals surface area contributed by atoms with Crippen LogP contribution < -0.4 is 5.32 Å². The van der Waals surface area contributed by atoms with E-state index in [9.17, 15) is 13.5 Å². The van der Waals surface area contributed by atoms with E-state index in [1.54, 1.807) is 6.92 Å². The first-order valence-corrected chi connectivity index (χ1v) is 8.51. The van der Waals surface area contributed by atoms with E-state index in [1.807, 2.05) is 0 Å². The van der Waals surface area contributed by atoms with Crippen molar-refractivity contribution >= 4 is 10.0 Å². The van der Waals surface area contributed by atoms with Crippen molar-refractivity contribution in [3.05, 3.63) is 0 Å². The molecule has 0 radical (unpaired) electrons. The van der Waals surface area contributed by atoms with Crippen molar-refractivity contribution in [2.45, 2.75) is 43.4 Å². The molecule has 7 heteroatoms. The second-order valence-electron chi connectivity index (χ2n) is 6.08. The van der Waals surface area contributed by atoms with Crippen LogP contribution in [0.25, 0.3) is 0 Å². The Kier molecular flexibility index (Phi) is 3.97. The van der Waals surface area contributed by atoms with Crippen LogP contribution in [0.3, 0.4) is 0 Å². The lowest BCUT2D eigenvalue weighted by Crippen LogP contribution is -2.63. The monoisotopic (exact) mass is 292 g/mol. The van der Waals surface area contributed by atoms with Crippen molar-refractivity contribution in [1.82, 2.24) is 9.62 Å². The molecule has 112 valence electrons. The number of nitrogens with one attached hydrogen (secondary N) is 1. The standard InChI is InChI=1S/C12H24N2O4S/c1-11(15)9-18-12(4-6-13-7-5-12)8-10(11)14(2)19(3,16)17/h10,13,15H,4-9H2,1-3H3/t10-,11-/m0/s1. The number of rotatable bonds is 2. The molecule has 0 bridgehead atoms. The van der Waals surface area contributed by atoms with Crippen molar-refractivity contribution < 1.29 is 18.3 Å². The van der Waals surface area contributed by atoms with Gasteiger partial charge in [0.05, 0.1) is 24.5 Å². The highest BCUT2D eigenvalue weighted by molar-refractivity contribution is 7.88. The van der Waals surface area contributed by atoms with Crippen molar-refractivity contribution in [3.63, 3.8) is 0 Å². The molecule has 2 aliphatic heterocycles. The summed E-state index contributed by atoms with van der Waals surface area (Å²) in [6.07, 6.45) is 3.44. The Labute approximate surface area is 115 Å². The first-order chi connectivity index (χ1) is 8.66. The Morgan fingerprint density at radius 2 is 1.95 bits per heavy atom. The number of aliphatic hydroxyl groups is 1. The highest BCUT2D eigenvalue weighted by atomic mass is 32.2. The maximum Gasteiger partial charge on any atom is 0.211 e. The molecule has 2 fully saturated rings. The van der Waals surface area contributed by atoms with Gasteiger partial charge in [-0.25, -0.2) is 8.42 Å². The number of hydrogen-bond acceptors (Lipinski definition) is 5. The Morgan fingerprint density at radius 3 is 2.47 bits per heavy atom. The molecule has 0 amide bonds. The van der Waals surface area contributed by atoms with E-state index < -0.39 is 21.7 Å². The molecule has 2 atom stereocenters. The van der Waals surface area contributed by atoms with Gasteiger partial charge in [-0.05, 0) is 39.3 Å². The van der Waals surface area contributed by atoms with Gasteiger partial charge in [0.25, 0.3) is 0 Å². The summed E-state index contributed by atoms with van der Waals surface area (Å²) in [7, 11) is -1.79. The highest BCUT2D eigenvalue weighted by Crippen LogP contribution is 2.39. The molecule has 2 heterocycles. The molecule has 0 aromatic heterocycles. The van der Waals surface area contributed by atoms with Crippen molar-refractivity contribution in [1.29, 1.82) is 0 Å². The maximum absolute atomic E-state index is 11.8. The molecule has 2 N–H and O–H groups in total. The van der Waals surface area contributed by atoms with E-state index in [0.717, 1.165) is 25.9 Å². The summed E-state index contributed by atoms with van der Waals surface area (Å²) in [6.45, 7) is 3.57. The van der Waals surface area contributed by atoms with Crippen LogP contribution in [-0.2, 0) is 14.8 Å². The second-order valence-corrected chi connectivity index (χ2v) is 8.12. The molecule has 6 nitrogen and oxygen atoms in total. The second kappa shape index (κ2) is 4.96. The molecule has 0 aromatic rings. The summed E-state index contributed by atoms with van der Waals surface area (Å²) in [6, 6.07) is -0.436. The van der Waals surface area contributed by atoms with Crippen molar-refractivity contribution in [2.24, 2.45) is 0 Å². The minimum absolute atomic E-state index is 0.178. The predicted molar refractivity (Wildman–Crippen MR) is 72.4 cm³/mol. The third-order valence-corrected chi connectivity index (χ3v) is 5.73. The Hall–Kier alpha value is -0.210. The smallest absolute Gasteiger partial charge is 0.211 e. The number of ether oxygens (including phenoxy) is 1. The molecular formula is C12H24N2O4S. The third-order valence-electron chi connectivity index (χ3n) is 4.43. The van der Waals surface area contributed by atoms with Crippen LogP contribution in [0.2, 0.25) is 0 Å². The van der Waals surface area contributed by atoms with Gasteiger partial charge in [-0.3, -0.25) is 0 Å². The summed E-state index contributed by atoms with van der Waals surface area (Å²) in [4.78, 5) is 0. The van der Waals surface area contributed by atoms with Gasteiger partial charge >= 0.3 is 0 Å². The van der Waals surface area contributed by atoms with Gasteiger partial charge in [0.2, 0.25) is 10.0 Å². The number of sulfonamides is 1. The first-order valence-electron chi connectivity index (χ1n) is 6.66. The highest BCUT2D eigenvalue weighted by Gasteiger charge is 2.50. The largest absolute Gasteiger partial charge is 0.386 e. The summed E-state index contributed by atoms with van der Waals surface area (Å²) in [5, 5.41) is 13.7. The quantitative estimate of drug-likeness (QED) is 0.720. The average molecular weight is 292 g/mol. The average Bonchev–Trinajstić information content (AvgIpc) is 2.32. The van der Waals surface area contributed by atoms with E-state index in [-0.39, 0.29) is 12.2 Å². The molecule has 0 unspecified atom stereocenters. The lowest BCUT2D eigenvalue weighted by Gasteiger charge is -2.51. The predicted octanol–water partition coefficient (Wildman–Crippen LogP) is -0.460. The third kappa shape index (κ3) is 3.11. The molecule has 2 rings (SSSR count). The SMILES string of the molecule is CN([C@H]1CC2(CCNCC2)OC[C@]1(C)O)S(C)(=O)=O. The molecule has 19 heavy (non-hydrogen) atoms. The van der Waals surface area contributed by atoms with Crippen LogP contribution in [-0.4, -0.2) is 68.1 Å². The zero-order valence-electron chi connectivity index (χ0n) is 11.8. The van der Waals surface area contributed by atoms with Crippen LogP contribution in [0.15, 0.2) is 0 Å². The van der Waals surface area contributed by atoms with Crippen molar-refractivity contribution in [3.8, 4) is 0 Å². The van der Waals surface area contributed by atoms with Crippen LogP contribution >= 0.6 is 0 Å². The van der Waals surface area contributed by atoms with Crippen molar-refractivity contribution in [2.75, 3.05) is 33.0 Å². The van der Waals surface area contributed by atoms with Crippen LogP contribution in [0.5, 0.6) is 0 Å². The van der Waals surface area contributed by atoms with E-state index in [4.69, 9.17) is 4.74 Å². The molecule has 2 saturated heterocycles. The van der Waals surface area contributed by atoms with E-state index in [0.29, 0.717) is 6.42 Å². The summed E-state index contributed by atoms with van der Waals surface area (Å²) in [5.74, 6) is 0. The van der Waals surface area contributed by atoms with Gasteiger partial charge < -0.3 is 15.2 Å². The molecule has 0 aromatic carbocycles. The fourth-order valence-electron chi connectivity index (χ4n) is 3.01. The maximum atomic E-state index is 11.8. The zero-order valence-corrected chi connectivity index (χ0v) is 12.7. The normalized spacial score (nSPS) is 35.7.